The molecule has 0 amide bonds. The maximum atomic E-state index is 9.36. The molecule has 0 spiro atoms. The van der Waals surface area contributed by atoms with E-state index in [2.05, 4.69) is 39.5 Å². The second-order valence-corrected chi connectivity index (χ2v) is 1.13. The van der Waals surface area contributed by atoms with Gasteiger partial charge in [-0.05, 0) is 19.5 Å². The first-order valence-corrected chi connectivity index (χ1v) is 2.99. The van der Waals surface area contributed by atoms with Crippen LogP contribution >= 0.6 is 11.6 Å². The minimum absolute atomic E-state index is 0.773. The Morgan fingerprint density at radius 2 is 1.91 bits per heavy atom. The molecule has 66 valence electrons. The number of hydrogen-bond acceptors (Lipinski definition) is 4. The third-order valence-electron chi connectivity index (χ3n) is 0.319. The number of halogens is 1. The van der Waals surface area contributed by atoms with Crippen molar-refractivity contribution in [1.29, 1.82) is 0 Å². The Hall–Kier alpha value is -0.830. The molecule has 0 fully saturated rings. The van der Waals surface area contributed by atoms with Gasteiger partial charge in [0, 0.05) is 18.6 Å². The summed E-state index contributed by atoms with van der Waals surface area (Å²) < 4.78 is 3.88. The van der Waals surface area contributed by atoms with Crippen LogP contribution in [0.25, 0.3) is 0 Å². The molecule has 4 nitrogen and oxygen atoms in total. The summed E-state index contributed by atoms with van der Waals surface area (Å²) in [4.78, 5) is 12.7. The van der Waals surface area contributed by atoms with E-state index in [1.165, 1.54) is 14.2 Å². The molecule has 0 aliphatic heterocycles. The van der Waals surface area contributed by atoms with Gasteiger partial charge in [-0.1, -0.05) is 0 Å². The maximum Gasteiger partial charge on any atom is 0.403 e. The molecule has 0 atom stereocenters. The van der Waals surface area contributed by atoms with Crippen LogP contribution in [0.3, 0.4) is 0 Å². The summed E-state index contributed by atoms with van der Waals surface area (Å²) >= 11 is 4.60. The van der Waals surface area contributed by atoms with E-state index in [-0.39, 0.29) is 0 Å². The molecule has 11 heavy (non-hydrogen) atoms. The summed E-state index contributed by atoms with van der Waals surface area (Å²) in [5.41, 5.74) is 3.73. The first kappa shape index (κ1) is 16.6. The Labute approximate surface area is 71.7 Å². The van der Waals surface area contributed by atoms with Crippen molar-refractivity contribution in [2.24, 2.45) is 10.7 Å². The molecule has 0 rings (SSSR count). The topological polar surface area (TPSA) is 64.7 Å². The van der Waals surface area contributed by atoms with E-state index in [1.807, 2.05) is 0 Å². The fraction of sp³-hybridized carbons (Fsp3) is 0.500. The van der Waals surface area contributed by atoms with Crippen molar-refractivity contribution in [3.63, 3.8) is 0 Å². The van der Waals surface area contributed by atoms with Crippen LogP contribution in [0.1, 0.15) is 0 Å². The number of ether oxygens (including phenoxy) is 1. The van der Waals surface area contributed by atoms with Crippen molar-refractivity contribution in [3.05, 3.63) is 6.58 Å². The highest BCUT2D eigenvalue weighted by atomic mass is 35.5. The molecule has 0 bridgehead atoms. The molecule has 0 heterocycles. The van der Waals surface area contributed by atoms with Crippen molar-refractivity contribution in [2.45, 2.75) is 0 Å². The molecule has 0 aliphatic rings. The monoisotopic (exact) mass is 180 g/mol. The fourth-order valence-corrected chi connectivity index (χ4v) is 0. The van der Waals surface area contributed by atoms with Gasteiger partial charge in [0.15, 0.2) is 0 Å². The number of rotatable bonds is 0. The number of carbonyl (C=O) groups is 1. The molecule has 0 saturated carbocycles. The first-order chi connectivity index (χ1) is 5.18. The van der Waals surface area contributed by atoms with E-state index < -0.39 is 5.43 Å². The highest BCUT2D eigenvalue weighted by Gasteiger charge is 1.80. The minimum Gasteiger partial charge on any atom is -0.457 e. The highest BCUT2D eigenvalue weighted by molar-refractivity contribution is 6.61. The fourth-order valence-electron chi connectivity index (χ4n) is 0. The summed E-state index contributed by atoms with van der Waals surface area (Å²) in [6.45, 7) is 3.19. The van der Waals surface area contributed by atoms with Gasteiger partial charge in [-0.25, -0.2) is 9.79 Å². The summed E-state index contributed by atoms with van der Waals surface area (Å²) in [7, 11) is 4.35. The van der Waals surface area contributed by atoms with E-state index in [0.29, 0.717) is 0 Å². The van der Waals surface area contributed by atoms with Gasteiger partial charge in [-0.3, -0.25) is 0 Å². The van der Waals surface area contributed by atoms with Crippen LogP contribution in [-0.4, -0.2) is 32.5 Å². The van der Waals surface area contributed by atoms with Gasteiger partial charge in [0.2, 0.25) is 0 Å². The molecule has 0 radical (unpaired) electrons. The zero-order valence-electron chi connectivity index (χ0n) is 6.93. The number of nitrogens with two attached hydrogens (primary N) is 1. The quantitative estimate of drug-likeness (QED) is 0.448. The second kappa shape index (κ2) is 22.9. The Morgan fingerprint density at radius 3 is 1.91 bits per heavy atom. The predicted octanol–water partition coefficient (Wildman–Crippen LogP) is 1.04. The van der Waals surface area contributed by atoms with Crippen LogP contribution < -0.4 is 5.73 Å². The summed E-state index contributed by atoms with van der Waals surface area (Å²) in [6.07, 6.45) is 0. The Kier molecular flexibility index (Phi) is 34.6. The van der Waals surface area contributed by atoms with Gasteiger partial charge in [0.05, 0.1) is 7.11 Å². The number of methoxy groups -OCH3 is 1. The van der Waals surface area contributed by atoms with Gasteiger partial charge in [-0.15, -0.1) is 0 Å². The van der Waals surface area contributed by atoms with E-state index >= 15 is 0 Å². The van der Waals surface area contributed by atoms with Gasteiger partial charge in [0.25, 0.3) is 0 Å². The van der Waals surface area contributed by atoms with E-state index in [9.17, 15) is 4.79 Å². The summed E-state index contributed by atoms with van der Waals surface area (Å²) in [6, 6.07) is 0. The largest absolute Gasteiger partial charge is 0.457 e. The van der Waals surface area contributed by atoms with Crippen molar-refractivity contribution >= 4 is 22.9 Å². The van der Waals surface area contributed by atoms with E-state index in [0.717, 1.165) is 0 Å². The summed E-state index contributed by atoms with van der Waals surface area (Å²) in [5.74, 6) is 2.31. The van der Waals surface area contributed by atoms with Crippen molar-refractivity contribution in [3.8, 4) is 0 Å². The number of aliphatic imine (C=N–C) groups is 1. The number of hydrogen-bond donors (Lipinski definition) is 1. The Bertz CT molecular complexity index is 122. The molecule has 0 aromatic heterocycles. The van der Waals surface area contributed by atoms with E-state index in [4.69, 9.17) is 0 Å². The standard InChI is InChI=1S/C3H5N.C2H3ClO2.CH5N/c1-3-4-2;1-5-2(3)4;1-2/h1H2,2H3;1H3;2H2,1H3. The van der Waals surface area contributed by atoms with Crippen LogP contribution in [-0.2, 0) is 4.74 Å². The van der Waals surface area contributed by atoms with Crippen LogP contribution in [0.2, 0.25) is 0 Å². The third-order valence-corrected chi connectivity index (χ3v) is 0.473. The Balaban J connectivity index is -0.0000000965. The van der Waals surface area contributed by atoms with Crippen molar-refractivity contribution < 1.29 is 9.53 Å². The molecular weight excluding hydrogens is 168 g/mol. The van der Waals surface area contributed by atoms with Crippen molar-refractivity contribution in [1.82, 2.24) is 0 Å². The average Bonchev–Trinajstić information content (AvgIpc) is 2.08. The minimum atomic E-state index is -0.773. The molecule has 0 aromatic rings. The molecule has 2 N–H and O–H groups in total. The SMILES string of the molecule is C=C=NC.CN.COC(=O)Cl. The lowest BCUT2D eigenvalue weighted by Gasteiger charge is -1.77. The van der Waals surface area contributed by atoms with Crippen LogP contribution in [0.5, 0.6) is 0 Å². The second-order valence-electron chi connectivity index (χ2n) is 0.823. The smallest absolute Gasteiger partial charge is 0.403 e. The normalized spacial score (nSPS) is 5.18. The molecule has 0 unspecified atom stereocenters. The van der Waals surface area contributed by atoms with Crippen LogP contribution in [0.15, 0.2) is 11.6 Å². The maximum absolute atomic E-state index is 9.36. The predicted molar refractivity (Wildman–Crippen MR) is 47.4 cm³/mol. The van der Waals surface area contributed by atoms with Crippen molar-refractivity contribution in [2.75, 3.05) is 21.2 Å². The lowest BCUT2D eigenvalue weighted by atomic mass is 11.1. The highest BCUT2D eigenvalue weighted by Crippen LogP contribution is 1.78. The molecule has 0 aliphatic carbocycles. The van der Waals surface area contributed by atoms with Gasteiger partial charge < -0.3 is 10.5 Å². The lowest BCUT2D eigenvalue weighted by Crippen LogP contribution is -1.80. The first-order valence-electron chi connectivity index (χ1n) is 2.61. The average molecular weight is 181 g/mol. The molecule has 0 saturated heterocycles. The molecular formula is C6H13ClN2O2. The molecule has 0 aromatic carbocycles. The lowest BCUT2D eigenvalue weighted by molar-refractivity contribution is 0.198. The number of carbonyl (C=O) groups excluding carboxylic acids is 1. The summed E-state index contributed by atoms with van der Waals surface area (Å²) in [5, 5.41) is 0. The zero-order valence-corrected chi connectivity index (χ0v) is 7.68. The van der Waals surface area contributed by atoms with Crippen LogP contribution in [0, 0.1) is 0 Å². The van der Waals surface area contributed by atoms with Gasteiger partial charge >= 0.3 is 5.43 Å². The Morgan fingerprint density at radius 1 is 1.73 bits per heavy atom. The van der Waals surface area contributed by atoms with E-state index in [1.54, 1.807) is 7.05 Å². The number of nitrogens with zero attached hydrogens (tertiary/aromatic N) is 1. The van der Waals surface area contributed by atoms with Gasteiger partial charge in [-0.2, -0.15) is 0 Å². The molecule has 5 heteroatoms. The van der Waals surface area contributed by atoms with Gasteiger partial charge in [0.1, 0.15) is 0 Å². The zero-order chi connectivity index (χ0) is 9.70. The third kappa shape index (κ3) is 100. The van der Waals surface area contributed by atoms with Crippen LogP contribution in [0.4, 0.5) is 4.79 Å².